The number of ether oxygens (including phenoxy) is 1. The number of nitrogens with one attached hydrogen (secondary N) is 3. The summed E-state index contributed by atoms with van der Waals surface area (Å²) in [5.74, 6) is 0.0496. The molecule has 4 rings (SSSR count). The third-order valence-electron chi connectivity index (χ3n) is 6.26. The van der Waals surface area contributed by atoms with Gasteiger partial charge in [0, 0.05) is 22.6 Å². The molecule has 208 valence electrons. The van der Waals surface area contributed by atoms with Crippen molar-refractivity contribution in [2.24, 2.45) is 0 Å². The molecule has 0 aromatic heterocycles. The molecule has 4 aromatic carbocycles. The van der Waals surface area contributed by atoms with Crippen LogP contribution in [0, 0.1) is 20.8 Å². The highest BCUT2D eigenvalue weighted by molar-refractivity contribution is 7.93. The summed E-state index contributed by atoms with van der Waals surface area (Å²) in [5.41, 5.74) is 3.73. The Morgan fingerprint density at radius 3 is 1.82 bits per heavy atom. The predicted octanol–water partition coefficient (Wildman–Crippen LogP) is 5.47. The van der Waals surface area contributed by atoms with Crippen LogP contribution in [0.1, 0.15) is 27.0 Å². The SMILES string of the molecule is COc1ccc(NS(=O)(=O)c2ccc(NC(=O)c3ccc(C)c(S(=O)(=O)Nc4ccc(C)c(C)c4)c3)cc2)cc1. The first-order valence-corrected chi connectivity index (χ1v) is 15.1. The number of carbonyl (C=O) groups excluding carboxylic acids is 1. The minimum atomic E-state index is -3.96. The minimum absolute atomic E-state index is 0.00227. The molecule has 0 spiro atoms. The molecule has 0 bridgehead atoms. The van der Waals surface area contributed by atoms with Crippen LogP contribution in [0.3, 0.4) is 0 Å². The van der Waals surface area contributed by atoms with E-state index in [0.717, 1.165) is 11.1 Å². The Kier molecular flexibility index (Phi) is 8.17. The number of anilines is 3. The Morgan fingerprint density at radius 1 is 0.625 bits per heavy atom. The Bertz CT molecular complexity index is 1770. The topological polar surface area (TPSA) is 131 Å². The van der Waals surface area contributed by atoms with Gasteiger partial charge in [-0.1, -0.05) is 12.1 Å². The van der Waals surface area contributed by atoms with Crippen molar-refractivity contribution in [2.45, 2.75) is 30.6 Å². The van der Waals surface area contributed by atoms with Gasteiger partial charge < -0.3 is 10.1 Å². The maximum atomic E-state index is 13.1. The fourth-order valence-electron chi connectivity index (χ4n) is 3.84. The summed E-state index contributed by atoms with van der Waals surface area (Å²) in [6.07, 6.45) is 0. The lowest BCUT2D eigenvalue weighted by molar-refractivity contribution is 0.102. The van der Waals surface area contributed by atoms with Crippen molar-refractivity contribution in [1.82, 2.24) is 0 Å². The summed E-state index contributed by atoms with van der Waals surface area (Å²) in [4.78, 5) is 12.9. The number of methoxy groups -OCH3 is 1. The second-order valence-electron chi connectivity index (χ2n) is 9.20. The quantitative estimate of drug-likeness (QED) is 0.241. The van der Waals surface area contributed by atoms with Gasteiger partial charge in [-0.15, -0.1) is 0 Å². The van der Waals surface area contributed by atoms with Crippen molar-refractivity contribution >= 4 is 43.0 Å². The van der Waals surface area contributed by atoms with Crippen LogP contribution in [0.4, 0.5) is 17.1 Å². The lowest BCUT2D eigenvalue weighted by atomic mass is 10.1. The molecule has 0 aliphatic rings. The summed E-state index contributed by atoms with van der Waals surface area (Å²) in [5, 5.41) is 2.68. The first-order valence-electron chi connectivity index (χ1n) is 12.2. The highest BCUT2D eigenvalue weighted by Crippen LogP contribution is 2.24. The normalized spacial score (nSPS) is 11.5. The largest absolute Gasteiger partial charge is 0.497 e. The lowest BCUT2D eigenvalue weighted by Gasteiger charge is -2.13. The molecule has 11 heteroatoms. The summed E-state index contributed by atoms with van der Waals surface area (Å²) < 4.78 is 61.9. The van der Waals surface area contributed by atoms with Gasteiger partial charge in [-0.2, -0.15) is 0 Å². The van der Waals surface area contributed by atoms with Crippen molar-refractivity contribution in [3.8, 4) is 5.75 Å². The first-order chi connectivity index (χ1) is 18.9. The molecule has 0 unspecified atom stereocenters. The second-order valence-corrected chi connectivity index (χ2v) is 12.5. The molecule has 1 amide bonds. The molecule has 0 heterocycles. The van der Waals surface area contributed by atoms with Crippen LogP contribution in [0.5, 0.6) is 5.75 Å². The number of hydrogen-bond acceptors (Lipinski definition) is 6. The van der Waals surface area contributed by atoms with Crippen LogP contribution in [0.2, 0.25) is 0 Å². The highest BCUT2D eigenvalue weighted by Gasteiger charge is 2.20. The van der Waals surface area contributed by atoms with Gasteiger partial charge in [-0.05, 0) is 110 Å². The third-order valence-corrected chi connectivity index (χ3v) is 9.18. The fourth-order valence-corrected chi connectivity index (χ4v) is 6.22. The predicted molar refractivity (Wildman–Crippen MR) is 156 cm³/mol. The Labute approximate surface area is 234 Å². The molecule has 40 heavy (non-hydrogen) atoms. The van der Waals surface area contributed by atoms with Crippen LogP contribution >= 0.6 is 0 Å². The molecular weight excluding hydrogens is 550 g/mol. The van der Waals surface area contributed by atoms with Crippen molar-refractivity contribution in [3.05, 3.63) is 107 Å². The van der Waals surface area contributed by atoms with Crippen LogP contribution in [0.15, 0.2) is 94.7 Å². The Hall–Kier alpha value is -4.35. The summed E-state index contributed by atoms with van der Waals surface area (Å²) in [6.45, 7) is 5.48. The van der Waals surface area contributed by atoms with E-state index in [1.54, 1.807) is 49.4 Å². The number of sulfonamides is 2. The van der Waals surface area contributed by atoms with Crippen molar-refractivity contribution in [3.63, 3.8) is 0 Å². The number of benzene rings is 4. The molecule has 0 fully saturated rings. The van der Waals surface area contributed by atoms with Crippen molar-refractivity contribution in [2.75, 3.05) is 21.9 Å². The smallest absolute Gasteiger partial charge is 0.262 e. The number of rotatable bonds is 9. The van der Waals surface area contributed by atoms with E-state index in [9.17, 15) is 21.6 Å². The number of amides is 1. The zero-order valence-corrected chi connectivity index (χ0v) is 24.0. The van der Waals surface area contributed by atoms with Gasteiger partial charge in [0.1, 0.15) is 5.75 Å². The Morgan fingerprint density at radius 2 is 1.20 bits per heavy atom. The fraction of sp³-hybridized carbons (Fsp3) is 0.138. The molecular formula is C29H29N3O6S2. The van der Waals surface area contributed by atoms with Gasteiger partial charge >= 0.3 is 0 Å². The number of aryl methyl sites for hydroxylation is 3. The molecule has 0 aliphatic heterocycles. The molecule has 9 nitrogen and oxygen atoms in total. The average molecular weight is 580 g/mol. The first kappa shape index (κ1) is 28.7. The molecule has 4 aromatic rings. The van der Waals surface area contributed by atoms with Crippen molar-refractivity contribution < 1.29 is 26.4 Å². The zero-order chi connectivity index (χ0) is 29.1. The van der Waals surface area contributed by atoms with E-state index in [4.69, 9.17) is 4.74 Å². The van der Waals surface area contributed by atoms with Gasteiger partial charge in [-0.25, -0.2) is 16.8 Å². The van der Waals surface area contributed by atoms with Crippen LogP contribution in [-0.2, 0) is 20.0 Å². The molecule has 0 radical (unpaired) electrons. The highest BCUT2D eigenvalue weighted by atomic mass is 32.2. The monoisotopic (exact) mass is 579 g/mol. The van der Waals surface area contributed by atoms with E-state index in [2.05, 4.69) is 14.8 Å². The molecule has 3 N–H and O–H groups in total. The van der Waals surface area contributed by atoms with Crippen molar-refractivity contribution in [1.29, 1.82) is 0 Å². The number of hydrogen-bond donors (Lipinski definition) is 3. The molecule has 0 saturated heterocycles. The van der Waals surface area contributed by atoms with E-state index in [1.165, 1.54) is 43.5 Å². The van der Waals surface area contributed by atoms with E-state index in [0.29, 0.717) is 28.4 Å². The van der Waals surface area contributed by atoms with Gasteiger partial charge in [0.2, 0.25) is 0 Å². The van der Waals surface area contributed by atoms with Gasteiger partial charge in [0.25, 0.3) is 26.0 Å². The average Bonchev–Trinajstić information content (AvgIpc) is 2.91. The molecule has 0 saturated carbocycles. The van der Waals surface area contributed by atoms with Gasteiger partial charge in [-0.3, -0.25) is 14.2 Å². The van der Waals surface area contributed by atoms with E-state index < -0.39 is 26.0 Å². The maximum Gasteiger partial charge on any atom is 0.262 e. The van der Waals surface area contributed by atoms with E-state index in [1.807, 2.05) is 19.9 Å². The third kappa shape index (κ3) is 6.61. The van der Waals surface area contributed by atoms with Gasteiger partial charge in [0.05, 0.1) is 16.9 Å². The van der Waals surface area contributed by atoms with Gasteiger partial charge in [0.15, 0.2) is 0 Å². The standard InChI is InChI=1S/C29H29N3O6S2/c1-19-6-8-25(17-21(19)3)32-40(36,37)28-18-22(7-5-20(28)2)29(33)30-23-11-15-27(16-12-23)39(34,35)31-24-9-13-26(38-4)14-10-24/h5-18,31-32H,1-4H3,(H,30,33). The van der Waals surface area contributed by atoms with Crippen LogP contribution < -0.4 is 19.5 Å². The molecule has 0 atom stereocenters. The Balaban J connectivity index is 1.48. The molecule has 0 aliphatic carbocycles. The number of carbonyl (C=O) groups is 1. The minimum Gasteiger partial charge on any atom is -0.497 e. The summed E-state index contributed by atoms with van der Waals surface area (Å²) in [7, 11) is -6.31. The van der Waals surface area contributed by atoms with E-state index in [-0.39, 0.29) is 15.4 Å². The lowest BCUT2D eigenvalue weighted by Crippen LogP contribution is -2.17. The van der Waals surface area contributed by atoms with Crippen LogP contribution in [-0.4, -0.2) is 29.9 Å². The summed E-state index contributed by atoms with van der Waals surface area (Å²) in [6, 6.07) is 21.7. The summed E-state index contributed by atoms with van der Waals surface area (Å²) >= 11 is 0. The van der Waals surface area contributed by atoms with Crippen LogP contribution in [0.25, 0.3) is 0 Å². The second kappa shape index (κ2) is 11.4. The van der Waals surface area contributed by atoms with E-state index >= 15 is 0 Å². The zero-order valence-electron chi connectivity index (χ0n) is 22.3. The maximum absolute atomic E-state index is 13.1.